The van der Waals surface area contributed by atoms with Gasteiger partial charge in [-0.05, 0) is 64.8 Å². The van der Waals surface area contributed by atoms with Gasteiger partial charge in [-0.1, -0.05) is 24.3 Å². The van der Waals surface area contributed by atoms with E-state index in [9.17, 15) is 9.59 Å². The first-order valence-electron chi connectivity index (χ1n) is 8.98. The SMILES string of the molecule is NC(=O)C1CCc2c1c1c(OCC(=O)O)cccc1n2Cc1ccccc1I. The molecule has 0 saturated heterocycles. The molecule has 3 aromatic rings. The van der Waals surface area contributed by atoms with E-state index in [1.165, 1.54) is 9.13 Å². The number of hydrogen-bond acceptors (Lipinski definition) is 3. The van der Waals surface area contributed by atoms with Gasteiger partial charge in [0.1, 0.15) is 5.75 Å². The van der Waals surface area contributed by atoms with E-state index < -0.39 is 12.6 Å². The summed E-state index contributed by atoms with van der Waals surface area (Å²) in [7, 11) is 0. The summed E-state index contributed by atoms with van der Waals surface area (Å²) in [5.41, 5.74) is 9.75. The Kier molecular flexibility index (Phi) is 5.01. The molecule has 0 radical (unpaired) electrons. The maximum atomic E-state index is 12.1. The molecule has 7 heteroatoms. The van der Waals surface area contributed by atoms with Crippen molar-refractivity contribution in [1.29, 1.82) is 0 Å². The quantitative estimate of drug-likeness (QED) is 0.519. The summed E-state index contributed by atoms with van der Waals surface area (Å²) in [6, 6.07) is 13.7. The number of aliphatic carboxylic acids is 1. The van der Waals surface area contributed by atoms with E-state index in [-0.39, 0.29) is 11.8 Å². The smallest absolute Gasteiger partial charge is 0.341 e. The van der Waals surface area contributed by atoms with Crippen LogP contribution in [0.3, 0.4) is 0 Å². The Labute approximate surface area is 175 Å². The summed E-state index contributed by atoms with van der Waals surface area (Å²) in [4.78, 5) is 23.1. The lowest BCUT2D eigenvalue weighted by molar-refractivity contribution is -0.139. The van der Waals surface area contributed by atoms with Gasteiger partial charge in [-0.15, -0.1) is 0 Å². The number of ether oxygens (including phenoxy) is 1. The molecular weight excluding hydrogens is 471 g/mol. The predicted octanol–water partition coefficient (Wildman–Crippen LogP) is 3.27. The molecule has 1 atom stereocenters. The number of carbonyl (C=O) groups excluding carboxylic acids is 1. The molecule has 6 nitrogen and oxygen atoms in total. The summed E-state index contributed by atoms with van der Waals surface area (Å²) in [5.74, 6) is -1.31. The number of halogens is 1. The van der Waals surface area contributed by atoms with Crippen molar-refractivity contribution in [2.24, 2.45) is 5.73 Å². The van der Waals surface area contributed by atoms with Gasteiger partial charge in [0, 0.05) is 21.2 Å². The molecule has 0 saturated carbocycles. The summed E-state index contributed by atoms with van der Waals surface area (Å²) < 4.78 is 8.93. The van der Waals surface area contributed by atoms with E-state index in [0.717, 1.165) is 28.6 Å². The molecule has 1 amide bonds. The van der Waals surface area contributed by atoms with Crippen LogP contribution in [-0.4, -0.2) is 28.2 Å². The minimum atomic E-state index is -1.04. The Morgan fingerprint density at radius 1 is 1.21 bits per heavy atom. The second-order valence-electron chi connectivity index (χ2n) is 6.86. The molecule has 3 N–H and O–H groups in total. The number of carboxylic acid groups (broad SMARTS) is 1. The van der Waals surface area contributed by atoms with E-state index in [1.54, 1.807) is 6.07 Å². The van der Waals surface area contributed by atoms with Gasteiger partial charge in [-0.2, -0.15) is 0 Å². The van der Waals surface area contributed by atoms with Crippen molar-refractivity contribution in [3.05, 3.63) is 62.9 Å². The highest BCUT2D eigenvalue weighted by molar-refractivity contribution is 14.1. The Bertz CT molecular complexity index is 1090. The largest absolute Gasteiger partial charge is 0.481 e. The van der Waals surface area contributed by atoms with Crippen LogP contribution in [0.5, 0.6) is 5.75 Å². The lowest BCUT2D eigenvalue weighted by Crippen LogP contribution is -2.19. The van der Waals surface area contributed by atoms with Crippen molar-refractivity contribution >= 4 is 45.4 Å². The minimum absolute atomic E-state index is 0.361. The second kappa shape index (κ2) is 7.46. The van der Waals surface area contributed by atoms with Gasteiger partial charge in [0.25, 0.3) is 0 Å². The number of nitrogens with two attached hydrogens (primary N) is 1. The van der Waals surface area contributed by atoms with Crippen molar-refractivity contribution in [1.82, 2.24) is 4.57 Å². The molecule has 0 aliphatic heterocycles. The number of benzene rings is 2. The number of hydrogen-bond donors (Lipinski definition) is 2. The third-order valence-electron chi connectivity index (χ3n) is 5.20. The van der Waals surface area contributed by atoms with Crippen molar-refractivity contribution < 1.29 is 19.4 Å². The second-order valence-corrected chi connectivity index (χ2v) is 8.03. The Morgan fingerprint density at radius 2 is 2.00 bits per heavy atom. The van der Waals surface area contributed by atoms with Gasteiger partial charge in [0.2, 0.25) is 5.91 Å². The zero-order chi connectivity index (χ0) is 19.8. The van der Waals surface area contributed by atoms with E-state index in [0.29, 0.717) is 18.7 Å². The zero-order valence-electron chi connectivity index (χ0n) is 15.0. The lowest BCUT2D eigenvalue weighted by atomic mass is 9.99. The Balaban J connectivity index is 1.91. The highest BCUT2D eigenvalue weighted by atomic mass is 127. The third kappa shape index (κ3) is 3.23. The van der Waals surface area contributed by atoms with Gasteiger partial charge in [-0.25, -0.2) is 4.79 Å². The normalized spacial score (nSPS) is 15.5. The summed E-state index contributed by atoms with van der Waals surface area (Å²) >= 11 is 2.32. The monoisotopic (exact) mass is 490 g/mol. The number of fused-ring (bicyclic) bond motifs is 3. The van der Waals surface area contributed by atoms with Crippen LogP contribution in [0.25, 0.3) is 10.9 Å². The lowest BCUT2D eigenvalue weighted by Gasteiger charge is -2.12. The maximum absolute atomic E-state index is 12.1. The molecule has 1 aromatic heterocycles. The fourth-order valence-electron chi connectivity index (χ4n) is 4.04. The van der Waals surface area contributed by atoms with Crippen LogP contribution in [-0.2, 0) is 22.6 Å². The van der Waals surface area contributed by atoms with Crippen molar-refractivity contribution in [2.45, 2.75) is 25.3 Å². The highest BCUT2D eigenvalue weighted by Gasteiger charge is 2.34. The molecule has 144 valence electrons. The van der Waals surface area contributed by atoms with Gasteiger partial charge >= 0.3 is 5.97 Å². The van der Waals surface area contributed by atoms with Crippen LogP contribution in [0.4, 0.5) is 0 Å². The number of amides is 1. The first-order valence-corrected chi connectivity index (χ1v) is 10.1. The van der Waals surface area contributed by atoms with Crippen LogP contribution >= 0.6 is 22.6 Å². The minimum Gasteiger partial charge on any atom is -0.481 e. The zero-order valence-corrected chi connectivity index (χ0v) is 17.2. The fraction of sp³-hybridized carbons (Fsp3) is 0.238. The van der Waals surface area contributed by atoms with Crippen LogP contribution in [0.1, 0.15) is 29.2 Å². The maximum Gasteiger partial charge on any atom is 0.341 e. The molecule has 28 heavy (non-hydrogen) atoms. The standard InChI is InChI=1S/C21H19IN2O4/c22-14-5-2-1-4-12(14)10-24-15-6-3-7-17(28-11-18(25)26)20(15)19-13(21(23)27)8-9-16(19)24/h1-7,13H,8-11H2,(H2,23,27)(H,25,26). The first kappa shape index (κ1) is 18.8. The topological polar surface area (TPSA) is 94.6 Å². The number of aromatic nitrogens is 1. The van der Waals surface area contributed by atoms with E-state index in [2.05, 4.69) is 39.3 Å². The number of primary amides is 1. The number of carboxylic acids is 1. The third-order valence-corrected chi connectivity index (χ3v) is 6.25. The molecule has 0 spiro atoms. The molecule has 1 heterocycles. The summed E-state index contributed by atoms with van der Waals surface area (Å²) in [6.07, 6.45) is 1.41. The molecule has 0 bridgehead atoms. The molecule has 1 aliphatic carbocycles. The van der Waals surface area contributed by atoms with Gasteiger partial charge < -0.3 is 20.1 Å². The fourth-order valence-corrected chi connectivity index (χ4v) is 4.60. The molecule has 1 aliphatic rings. The van der Waals surface area contributed by atoms with Gasteiger partial charge in [0.15, 0.2) is 6.61 Å². The molecule has 4 rings (SSSR count). The Hall–Kier alpha value is -2.55. The number of nitrogens with zero attached hydrogens (tertiary/aromatic N) is 1. The van der Waals surface area contributed by atoms with Crippen molar-refractivity contribution in [3.63, 3.8) is 0 Å². The molecular formula is C21H19IN2O4. The average molecular weight is 490 g/mol. The summed E-state index contributed by atoms with van der Waals surface area (Å²) in [5, 5.41) is 9.80. The van der Waals surface area contributed by atoms with Crippen LogP contribution < -0.4 is 10.5 Å². The number of carbonyl (C=O) groups is 2. The molecule has 0 fully saturated rings. The summed E-state index contributed by atoms with van der Waals surface area (Å²) in [6.45, 7) is 0.232. The van der Waals surface area contributed by atoms with E-state index in [4.69, 9.17) is 15.6 Å². The van der Waals surface area contributed by atoms with Gasteiger partial charge in [0.05, 0.1) is 11.4 Å². The van der Waals surface area contributed by atoms with Crippen LogP contribution in [0.2, 0.25) is 0 Å². The molecule has 2 aromatic carbocycles. The van der Waals surface area contributed by atoms with Crippen molar-refractivity contribution in [3.8, 4) is 5.75 Å². The van der Waals surface area contributed by atoms with Crippen LogP contribution in [0, 0.1) is 3.57 Å². The van der Waals surface area contributed by atoms with Gasteiger partial charge in [-0.3, -0.25) is 4.79 Å². The molecule has 1 unspecified atom stereocenters. The van der Waals surface area contributed by atoms with Crippen molar-refractivity contribution in [2.75, 3.05) is 6.61 Å². The van der Waals surface area contributed by atoms with E-state index >= 15 is 0 Å². The Morgan fingerprint density at radius 3 is 2.71 bits per heavy atom. The van der Waals surface area contributed by atoms with Crippen LogP contribution in [0.15, 0.2) is 42.5 Å². The average Bonchev–Trinajstić information content (AvgIpc) is 3.21. The van der Waals surface area contributed by atoms with E-state index in [1.807, 2.05) is 24.3 Å². The highest BCUT2D eigenvalue weighted by Crippen LogP contribution is 2.44. The predicted molar refractivity (Wildman–Crippen MR) is 114 cm³/mol. The first-order chi connectivity index (χ1) is 13.5. The number of rotatable bonds is 6.